The van der Waals surface area contributed by atoms with Crippen LogP contribution in [0.15, 0.2) is 54.9 Å². The highest BCUT2D eigenvalue weighted by Crippen LogP contribution is 2.37. The Kier molecular flexibility index (Phi) is 7.79. The van der Waals surface area contributed by atoms with Gasteiger partial charge < -0.3 is 4.98 Å². The van der Waals surface area contributed by atoms with E-state index in [0.717, 1.165) is 22.6 Å². The number of imidazole rings is 1. The van der Waals surface area contributed by atoms with Crippen molar-refractivity contribution in [3.05, 3.63) is 82.4 Å². The molecule has 2 heterocycles. The van der Waals surface area contributed by atoms with E-state index in [1.807, 2.05) is 30.3 Å². The molecule has 0 saturated carbocycles. The van der Waals surface area contributed by atoms with Gasteiger partial charge in [0, 0.05) is 36.5 Å². The number of aromatic amines is 1. The van der Waals surface area contributed by atoms with Crippen LogP contribution < -0.4 is 9.80 Å². The van der Waals surface area contributed by atoms with Gasteiger partial charge in [0.05, 0.1) is 29.6 Å². The zero-order chi connectivity index (χ0) is 22.6. The summed E-state index contributed by atoms with van der Waals surface area (Å²) < 4.78 is 0.0755. The Morgan fingerprint density at radius 1 is 1.24 bits per heavy atom. The summed E-state index contributed by atoms with van der Waals surface area (Å²) in [5, 5.41) is 12.8. The molecule has 1 fully saturated rings. The summed E-state index contributed by atoms with van der Waals surface area (Å²) in [6, 6.07) is 15.2. The van der Waals surface area contributed by atoms with Crippen LogP contribution in [-0.2, 0) is 19.4 Å². The summed E-state index contributed by atoms with van der Waals surface area (Å²) in [4.78, 5) is 21.0. The van der Waals surface area contributed by atoms with E-state index in [1.54, 1.807) is 31.5 Å². The molecule has 4 rings (SSSR count). The second-order valence-electron chi connectivity index (χ2n) is 7.79. The summed E-state index contributed by atoms with van der Waals surface area (Å²) in [6.07, 6.45) is 4.67. The van der Waals surface area contributed by atoms with Crippen LogP contribution >= 0.6 is 24.0 Å². The lowest BCUT2D eigenvalue weighted by Gasteiger charge is -2.35. The van der Waals surface area contributed by atoms with Crippen molar-refractivity contribution in [2.24, 2.45) is 0 Å². The summed E-state index contributed by atoms with van der Waals surface area (Å²) in [5.74, 6) is 6.76. The van der Waals surface area contributed by atoms with Crippen LogP contribution in [-0.4, -0.2) is 28.6 Å². The van der Waals surface area contributed by atoms with Crippen molar-refractivity contribution in [1.29, 1.82) is 5.26 Å². The molecule has 1 aliphatic heterocycles. The van der Waals surface area contributed by atoms with Gasteiger partial charge in [0.1, 0.15) is 24.1 Å². The molecule has 168 valence electrons. The second-order valence-corrected chi connectivity index (χ2v) is 8.20. The predicted octanol–water partition coefficient (Wildman–Crippen LogP) is 4.76. The molecule has 0 aliphatic carbocycles. The fourth-order valence-corrected chi connectivity index (χ4v) is 4.47. The molecular weight excluding hydrogens is 457 g/mol. The molecule has 0 bridgehead atoms. The minimum atomic E-state index is -0.0818. The van der Waals surface area contributed by atoms with E-state index in [1.165, 1.54) is 0 Å². The standard InChI is InChI=1S/C25H22ClN5O.ClH/c1-2-3-4-20-9-10-21(13-23(20)26)31(17-19-7-5-18(15-27)6-8-19)22(16-30-25(31)32)14-24-28-11-12-29-24;/h5-13,22H,4,14,16-17H2,1H3,(H-,28,29,30,32);1H/p+1. The van der Waals surface area contributed by atoms with Gasteiger partial charge in [0.15, 0.2) is 0 Å². The van der Waals surface area contributed by atoms with Crippen molar-refractivity contribution in [2.45, 2.75) is 32.4 Å². The van der Waals surface area contributed by atoms with Crippen LogP contribution in [0.2, 0.25) is 5.02 Å². The van der Waals surface area contributed by atoms with Crippen molar-refractivity contribution in [2.75, 3.05) is 6.54 Å². The smallest absolute Gasteiger partial charge is 0.348 e. The second kappa shape index (κ2) is 10.6. The van der Waals surface area contributed by atoms with Crippen molar-refractivity contribution >= 4 is 35.7 Å². The zero-order valence-corrected chi connectivity index (χ0v) is 19.7. The Labute approximate surface area is 204 Å². The lowest BCUT2D eigenvalue weighted by Crippen LogP contribution is -2.57. The quantitative estimate of drug-likeness (QED) is 0.393. The number of halogens is 2. The van der Waals surface area contributed by atoms with Crippen LogP contribution in [0.1, 0.15) is 29.4 Å². The van der Waals surface area contributed by atoms with Gasteiger partial charge in [-0.15, -0.1) is 18.3 Å². The van der Waals surface area contributed by atoms with Crippen LogP contribution in [0.3, 0.4) is 0 Å². The fourth-order valence-electron chi connectivity index (χ4n) is 4.23. The average Bonchev–Trinajstić information content (AvgIpc) is 3.43. The van der Waals surface area contributed by atoms with E-state index in [0.29, 0.717) is 36.5 Å². The normalized spacial score (nSPS) is 19.1. The molecule has 3 aromatic rings. The van der Waals surface area contributed by atoms with Crippen LogP contribution in [0.5, 0.6) is 0 Å². The predicted molar refractivity (Wildman–Crippen MR) is 132 cm³/mol. The minimum Gasteiger partial charge on any atom is -0.348 e. The molecular formula is C25H24Cl2N5O+. The van der Waals surface area contributed by atoms with Gasteiger partial charge >= 0.3 is 6.03 Å². The monoisotopic (exact) mass is 480 g/mol. The van der Waals surface area contributed by atoms with Crippen molar-refractivity contribution in [3.63, 3.8) is 0 Å². The molecule has 0 radical (unpaired) electrons. The third kappa shape index (κ3) is 4.89. The molecule has 8 heteroatoms. The van der Waals surface area contributed by atoms with Crippen LogP contribution in [0.4, 0.5) is 10.5 Å². The minimum absolute atomic E-state index is 0. The number of urea groups is 1. The van der Waals surface area contributed by atoms with Gasteiger partial charge in [-0.1, -0.05) is 35.7 Å². The number of hydrogen-bond donors (Lipinski definition) is 2. The first-order valence-electron chi connectivity index (χ1n) is 10.4. The van der Waals surface area contributed by atoms with Crippen molar-refractivity contribution in [1.82, 2.24) is 19.8 Å². The van der Waals surface area contributed by atoms with E-state index in [2.05, 4.69) is 33.2 Å². The first-order valence-corrected chi connectivity index (χ1v) is 10.8. The van der Waals surface area contributed by atoms with Gasteiger partial charge in [-0.2, -0.15) is 5.26 Å². The molecule has 1 aromatic heterocycles. The first-order chi connectivity index (χ1) is 15.6. The van der Waals surface area contributed by atoms with E-state index in [9.17, 15) is 4.79 Å². The number of H-pyrrole nitrogens is 1. The van der Waals surface area contributed by atoms with Gasteiger partial charge in [0.2, 0.25) is 0 Å². The van der Waals surface area contributed by atoms with Crippen molar-refractivity contribution in [3.8, 4) is 17.9 Å². The maximum Gasteiger partial charge on any atom is 0.422 e. The fraction of sp³-hybridized carbons (Fsp3) is 0.240. The molecule has 2 unspecified atom stereocenters. The van der Waals surface area contributed by atoms with Gasteiger partial charge in [-0.3, -0.25) is 5.32 Å². The largest absolute Gasteiger partial charge is 0.422 e. The third-order valence-corrected chi connectivity index (χ3v) is 6.28. The van der Waals surface area contributed by atoms with Crippen LogP contribution in [0.25, 0.3) is 0 Å². The molecule has 33 heavy (non-hydrogen) atoms. The summed E-state index contributed by atoms with van der Waals surface area (Å²) in [5.41, 5.74) is 3.30. The van der Waals surface area contributed by atoms with Gasteiger partial charge in [-0.25, -0.2) is 14.3 Å². The maximum atomic E-state index is 13.4. The SMILES string of the molecule is CC#CCc1ccc([N+]2(Cc3ccc(C#N)cc3)C(=O)NCC2Cc2ncc[nH]2)cc1Cl.Cl. The molecule has 2 aromatic carbocycles. The summed E-state index contributed by atoms with van der Waals surface area (Å²) >= 11 is 6.62. The van der Waals surface area contributed by atoms with E-state index < -0.39 is 0 Å². The molecule has 2 amide bonds. The third-order valence-electron chi connectivity index (χ3n) is 5.93. The maximum absolute atomic E-state index is 13.4. The number of nitriles is 1. The van der Waals surface area contributed by atoms with Gasteiger partial charge in [0.25, 0.3) is 0 Å². The van der Waals surface area contributed by atoms with Crippen molar-refractivity contribution < 1.29 is 4.79 Å². The number of nitrogens with one attached hydrogen (secondary N) is 2. The van der Waals surface area contributed by atoms with E-state index in [4.69, 9.17) is 16.9 Å². The number of amides is 2. The number of aromatic nitrogens is 2. The van der Waals surface area contributed by atoms with E-state index in [-0.39, 0.29) is 29.0 Å². The Morgan fingerprint density at radius 3 is 2.67 bits per heavy atom. The summed E-state index contributed by atoms with van der Waals surface area (Å²) in [6.45, 7) is 2.76. The molecule has 6 nitrogen and oxygen atoms in total. The Bertz CT molecular complexity index is 1220. The number of carbonyl (C=O) groups is 1. The van der Waals surface area contributed by atoms with Gasteiger partial charge in [-0.05, 0) is 24.6 Å². The highest BCUT2D eigenvalue weighted by molar-refractivity contribution is 6.31. The Hall–Kier alpha value is -3.29. The molecule has 2 atom stereocenters. The molecule has 1 saturated heterocycles. The number of carbonyl (C=O) groups excluding carboxylic acids is 1. The number of benzene rings is 2. The summed E-state index contributed by atoms with van der Waals surface area (Å²) in [7, 11) is 0. The molecule has 2 N–H and O–H groups in total. The number of rotatable bonds is 6. The lowest BCUT2D eigenvalue weighted by molar-refractivity contribution is 0.200. The highest BCUT2D eigenvalue weighted by Gasteiger charge is 2.52. The number of hydrogen-bond acceptors (Lipinski definition) is 3. The molecule has 1 aliphatic rings. The lowest BCUT2D eigenvalue weighted by atomic mass is 10.0. The average molecular weight is 481 g/mol. The topological polar surface area (TPSA) is 81.6 Å². The Morgan fingerprint density at radius 2 is 2.03 bits per heavy atom. The number of quaternary nitrogens is 1. The zero-order valence-electron chi connectivity index (χ0n) is 18.1. The molecule has 0 spiro atoms. The van der Waals surface area contributed by atoms with E-state index >= 15 is 0 Å². The first kappa shape index (κ1) is 24.4. The Balaban J connectivity index is 0.00000306. The highest BCUT2D eigenvalue weighted by atomic mass is 35.5. The number of nitrogens with zero attached hydrogens (tertiary/aromatic N) is 3. The van der Waals surface area contributed by atoms with Crippen LogP contribution in [0, 0.1) is 23.2 Å².